The SMILES string of the molecule is CCn1cnc2sc(C(=O)Nc3ccccc3Br)c(C)c2c1=O. The maximum absolute atomic E-state index is 12.6. The number of para-hydroxylation sites is 1. The molecule has 0 aliphatic rings. The second-order valence-corrected chi connectivity index (χ2v) is 6.86. The van der Waals surface area contributed by atoms with E-state index in [1.807, 2.05) is 31.2 Å². The highest BCUT2D eigenvalue weighted by atomic mass is 79.9. The van der Waals surface area contributed by atoms with Crippen LogP contribution in [0.2, 0.25) is 0 Å². The van der Waals surface area contributed by atoms with Crippen LogP contribution >= 0.6 is 27.3 Å². The quantitative estimate of drug-likeness (QED) is 0.738. The van der Waals surface area contributed by atoms with Crippen molar-refractivity contribution in [3.05, 3.63) is 55.9 Å². The molecule has 0 aliphatic heterocycles. The highest BCUT2D eigenvalue weighted by Gasteiger charge is 2.19. The molecule has 23 heavy (non-hydrogen) atoms. The maximum atomic E-state index is 12.6. The number of carbonyl (C=O) groups is 1. The molecular formula is C16H14BrN3O2S. The predicted octanol–water partition coefficient (Wildman–Crippen LogP) is 3.80. The number of aryl methyl sites for hydroxylation is 2. The topological polar surface area (TPSA) is 64.0 Å². The highest BCUT2D eigenvalue weighted by Crippen LogP contribution is 2.29. The molecule has 3 rings (SSSR count). The number of carbonyl (C=O) groups excluding carboxylic acids is 1. The van der Waals surface area contributed by atoms with Crippen molar-refractivity contribution in [3.8, 4) is 0 Å². The number of hydrogen-bond acceptors (Lipinski definition) is 4. The van der Waals surface area contributed by atoms with Crippen LogP contribution < -0.4 is 10.9 Å². The molecule has 0 fully saturated rings. The van der Waals surface area contributed by atoms with Crippen molar-refractivity contribution >= 4 is 49.1 Å². The predicted molar refractivity (Wildman–Crippen MR) is 96.4 cm³/mol. The van der Waals surface area contributed by atoms with Crippen LogP contribution in [-0.2, 0) is 6.54 Å². The minimum atomic E-state index is -0.236. The third-order valence-electron chi connectivity index (χ3n) is 3.59. The molecule has 0 saturated carbocycles. The normalized spacial score (nSPS) is 10.9. The Morgan fingerprint density at radius 3 is 2.83 bits per heavy atom. The molecular weight excluding hydrogens is 378 g/mol. The standard InChI is InChI=1S/C16H14BrN3O2S/c1-3-20-8-18-15-12(16(20)22)9(2)13(23-15)14(21)19-11-7-5-4-6-10(11)17/h4-8H,3H2,1-2H3,(H,19,21). The van der Waals surface area contributed by atoms with Crippen molar-refractivity contribution < 1.29 is 4.79 Å². The maximum Gasteiger partial charge on any atom is 0.266 e. The summed E-state index contributed by atoms with van der Waals surface area (Å²) in [5, 5.41) is 3.39. The second-order valence-electron chi connectivity index (χ2n) is 5.01. The van der Waals surface area contributed by atoms with E-state index in [-0.39, 0.29) is 11.5 Å². The molecule has 2 heterocycles. The first kappa shape index (κ1) is 15.9. The monoisotopic (exact) mass is 391 g/mol. The summed E-state index contributed by atoms with van der Waals surface area (Å²) in [6.45, 7) is 4.23. The number of nitrogens with one attached hydrogen (secondary N) is 1. The van der Waals surface area contributed by atoms with Gasteiger partial charge in [-0.1, -0.05) is 12.1 Å². The number of nitrogens with zero attached hydrogens (tertiary/aromatic N) is 2. The van der Waals surface area contributed by atoms with Gasteiger partial charge in [-0.3, -0.25) is 14.2 Å². The molecule has 0 radical (unpaired) electrons. The van der Waals surface area contributed by atoms with E-state index >= 15 is 0 Å². The van der Waals surface area contributed by atoms with Crippen LogP contribution in [0.1, 0.15) is 22.2 Å². The first-order chi connectivity index (χ1) is 11.0. The van der Waals surface area contributed by atoms with Gasteiger partial charge in [0.25, 0.3) is 11.5 Å². The number of thiophene rings is 1. The van der Waals surface area contributed by atoms with Gasteiger partial charge in [0.15, 0.2) is 0 Å². The van der Waals surface area contributed by atoms with Crippen LogP contribution in [0.5, 0.6) is 0 Å². The summed E-state index contributed by atoms with van der Waals surface area (Å²) < 4.78 is 2.34. The molecule has 0 unspecified atom stereocenters. The zero-order valence-electron chi connectivity index (χ0n) is 12.6. The van der Waals surface area contributed by atoms with Crippen molar-refractivity contribution in [2.45, 2.75) is 20.4 Å². The molecule has 0 atom stereocenters. The van der Waals surface area contributed by atoms with Crippen LogP contribution in [-0.4, -0.2) is 15.5 Å². The number of anilines is 1. The Bertz CT molecular complexity index is 962. The summed E-state index contributed by atoms with van der Waals surface area (Å²) in [5.74, 6) is -0.236. The van der Waals surface area contributed by atoms with Crippen LogP contribution in [0, 0.1) is 6.92 Å². The lowest BCUT2D eigenvalue weighted by molar-refractivity contribution is 0.103. The van der Waals surface area contributed by atoms with E-state index in [4.69, 9.17) is 0 Å². The molecule has 5 nitrogen and oxygen atoms in total. The Morgan fingerprint density at radius 1 is 1.39 bits per heavy atom. The molecule has 0 saturated heterocycles. The Kier molecular flexibility index (Phi) is 4.32. The van der Waals surface area contributed by atoms with Gasteiger partial charge in [0.1, 0.15) is 4.83 Å². The Morgan fingerprint density at radius 2 is 2.13 bits per heavy atom. The lowest BCUT2D eigenvalue weighted by atomic mass is 10.2. The average Bonchev–Trinajstić information content (AvgIpc) is 2.88. The van der Waals surface area contributed by atoms with Gasteiger partial charge < -0.3 is 5.32 Å². The van der Waals surface area contributed by atoms with Crippen LogP contribution in [0.3, 0.4) is 0 Å². The van der Waals surface area contributed by atoms with Gasteiger partial charge in [0, 0.05) is 11.0 Å². The second kappa shape index (κ2) is 6.25. The van der Waals surface area contributed by atoms with E-state index in [1.165, 1.54) is 22.2 Å². The summed E-state index contributed by atoms with van der Waals surface area (Å²) in [4.78, 5) is 30.4. The van der Waals surface area contributed by atoms with E-state index in [0.29, 0.717) is 32.9 Å². The van der Waals surface area contributed by atoms with Crippen molar-refractivity contribution in [1.82, 2.24) is 9.55 Å². The van der Waals surface area contributed by atoms with Crippen molar-refractivity contribution in [2.75, 3.05) is 5.32 Å². The number of rotatable bonds is 3. The van der Waals surface area contributed by atoms with Gasteiger partial charge in [0.05, 0.1) is 22.3 Å². The van der Waals surface area contributed by atoms with Crippen molar-refractivity contribution in [2.24, 2.45) is 0 Å². The van der Waals surface area contributed by atoms with Crippen LogP contribution in [0.25, 0.3) is 10.2 Å². The van der Waals surface area contributed by atoms with E-state index in [2.05, 4.69) is 26.2 Å². The number of benzene rings is 1. The largest absolute Gasteiger partial charge is 0.320 e. The van der Waals surface area contributed by atoms with Crippen molar-refractivity contribution in [1.29, 1.82) is 0 Å². The lowest BCUT2D eigenvalue weighted by Crippen LogP contribution is -2.19. The molecule has 3 aromatic rings. The zero-order valence-corrected chi connectivity index (χ0v) is 15.0. The van der Waals surface area contributed by atoms with Gasteiger partial charge >= 0.3 is 0 Å². The summed E-state index contributed by atoms with van der Waals surface area (Å²) >= 11 is 4.64. The van der Waals surface area contributed by atoms with Gasteiger partial charge in [0.2, 0.25) is 0 Å². The fourth-order valence-corrected chi connectivity index (χ4v) is 3.76. The number of fused-ring (bicyclic) bond motifs is 1. The Balaban J connectivity index is 2.05. The first-order valence-corrected chi connectivity index (χ1v) is 8.68. The summed E-state index contributed by atoms with van der Waals surface area (Å²) in [5.41, 5.74) is 1.26. The number of hydrogen-bond donors (Lipinski definition) is 1. The van der Waals surface area contributed by atoms with Crippen LogP contribution in [0.15, 0.2) is 39.9 Å². The third kappa shape index (κ3) is 2.82. The van der Waals surface area contributed by atoms with Crippen LogP contribution in [0.4, 0.5) is 5.69 Å². The minimum absolute atomic E-state index is 0.105. The molecule has 0 aliphatic carbocycles. The number of amides is 1. The van der Waals surface area contributed by atoms with Gasteiger partial charge in [-0.05, 0) is 47.5 Å². The molecule has 7 heteroatoms. The summed E-state index contributed by atoms with van der Waals surface area (Å²) in [7, 11) is 0. The van der Waals surface area contributed by atoms with E-state index < -0.39 is 0 Å². The fraction of sp³-hybridized carbons (Fsp3) is 0.188. The van der Waals surface area contributed by atoms with E-state index in [1.54, 1.807) is 6.92 Å². The molecule has 1 N–H and O–H groups in total. The molecule has 0 bridgehead atoms. The average molecular weight is 392 g/mol. The third-order valence-corrected chi connectivity index (χ3v) is 5.48. The van der Waals surface area contributed by atoms with E-state index in [0.717, 1.165) is 4.47 Å². The Labute approximate surface area is 145 Å². The fourth-order valence-electron chi connectivity index (χ4n) is 2.34. The summed E-state index contributed by atoms with van der Waals surface area (Å²) in [6.07, 6.45) is 1.52. The molecule has 1 aromatic carbocycles. The lowest BCUT2D eigenvalue weighted by Gasteiger charge is -2.06. The molecule has 2 aromatic heterocycles. The first-order valence-electron chi connectivity index (χ1n) is 7.07. The van der Waals surface area contributed by atoms with Gasteiger partial charge in [-0.25, -0.2) is 4.98 Å². The number of halogens is 1. The van der Waals surface area contributed by atoms with Crippen molar-refractivity contribution in [3.63, 3.8) is 0 Å². The minimum Gasteiger partial charge on any atom is -0.320 e. The van der Waals surface area contributed by atoms with Gasteiger partial charge in [-0.15, -0.1) is 11.3 Å². The molecule has 118 valence electrons. The molecule has 0 spiro atoms. The summed E-state index contributed by atoms with van der Waals surface area (Å²) in [6, 6.07) is 7.39. The number of aromatic nitrogens is 2. The van der Waals surface area contributed by atoms with Gasteiger partial charge in [-0.2, -0.15) is 0 Å². The Hall–Kier alpha value is -1.99. The molecule has 1 amide bonds. The highest BCUT2D eigenvalue weighted by molar-refractivity contribution is 9.10. The zero-order chi connectivity index (χ0) is 16.6. The smallest absolute Gasteiger partial charge is 0.266 e. The van der Waals surface area contributed by atoms with E-state index in [9.17, 15) is 9.59 Å².